The van der Waals surface area contributed by atoms with Crippen molar-refractivity contribution in [2.75, 3.05) is 0 Å². The summed E-state index contributed by atoms with van der Waals surface area (Å²) in [5, 5.41) is 11.7. The van der Waals surface area contributed by atoms with E-state index in [9.17, 15) is 9.59 Å². The Morgan fingerprint density at radius 1 is 1.45 bits per heavy atom. The van der Waals surface area contributed by atoms with Crippen molar-refractivity contribution >= 4 is 11.9 Å². The number of aromatic nitrogens is 1. The number of hydrogen-bond donors (Lipinski definition) is 2. The van der Waals surface area contributed by atoms with Crippen molar-refractivity contribution in [3.63, 3.8) is 0 Å². The Balaban J connectivity index is 2.11. The SMILES string of the molecule is CCC(C)(NC(=O)Cc1nc(-c2ccco2)oc1C)C(=O)O. The van der Waals surface area contributed by atoms with Crippen molar-refractivity contribution in [2.24, 2.45) is 0 Å². The molecule has 0 spiro atoms. The summed E-state index contributed by atoms with van der Waals surface area (Å²) in [6.45, 7) is 4.86. The predicted octanol–water partition coefficient (Wildman–Crippen LogP) is 2.16. The van der Waals surface area contributed by atoms with E-state index >= 15 is 0 Å². The van der Waals surface area contributed by atoms with Gasteiger partial charge in [-0.2, -0.15) is 0 Å². The lowest BCUT2D eigenvalue weighted by Gasteiger charge is -2.24. The smallest absolute Gasteiger partial charge is 0.329 e. The van der Waals surface area contributed by atoms with E-state index in [-0.39, 0.29) is 12.8 Å². The highest BCUT2D eigenvalue weighted by Crippen LogP contribution is 2.22. The molecule has 7 nitrogen and oxygen atoms in total. The van der Waals surface area contributed by atoms with E-state index in [1.807, 2.05) is 0 Å². The van der Waals surface area contributed by atoms with Crippen LogP contribution in [0.5, 0.6) is 0 Å². The molecule has 0 aliphatic rings. The number of amides is 1. The molecular weight excluding hydrogens is 288 g/mol. The average Bonchev–Trinajstić information content (AvgIpc) is 3.09. The topological polar surface area (TPSA) is 106 Å². The van der Waals surface area contributed by atoms with Crippen LogP contribution in [0, 0.1) is 6.92 Å². The molecule has 0 aliphatic carbocycles. The van der Waals surface area contributed by atoms with Crippen LogP contribution in [-0.2, 0) is 16.0 Å². The van der Waals surface area contributed by atoms with Gasteiger partial charge in [0.25, 0.3) is 5.89 Å². The number of rotatable bonds is 6. The molecule has 0 bridgehead atoms. The van der Waals surface area contributed by atoms with Crippen molar-refractivity contribution < 1.29 is 23.5 Å². The standard InChI is InChI=1S/C15H18N2O5/c1-4-15(3,14(19)20)17-12(18)8-10-9(2)22-13(16-10)11-6-5-7-21-11/h5-7H,4,8H2,1-3H3,(H,17,18)(H,19,20). The average molecular weight is 306 g/mol. The first-order valence-electron chi connectivity index (χ1n) is 6.90. The Bertz CT molecular complexity index is 674. The third-order valence-corrected chi connectivity index (χ3v) is 3.55. The van der Waals surface area contributed by atoms with Crippen LogP contribution in [-0.4, -0.2) is 27.5 Å². The fourth-order valence-corrected chi connectivity index (χ4v) is 1.89. The quantitative estimate of drug-likeness (QED) is 0.847. The maximum atomic E-state index is 12.1. The second-order valence-electron chi connectivity index (χ2n) is 5.21. The molecule has 0 saturated heterocycles. The molecule has 2 aromatic heterocycles. The van der Waals surface area contributed by atoms with E-state index in [4.69, 9.17) is 13.9 Å². The van der Waals surface area contributed by atoms with E-state index in [2.05, 4.69) is 10.3 Å². The minimum absolute atomic E-state index is 0.0566. The van der Waals surface area contributed by atoms with Gasteiger partial charge in [0.15, 0.2) is 5.76 Å². The largest absolute Gasteiger partial charge is 0.480 e. The molecule has 0 aromatic carbocycles. The lowest BCUT2D eigenvalue weighted by Crippen LogP contribution is -2.52. The number of carboxylic acid groups (broad SMARTS) is 1. The Kier molecular flexibility index (Phi) is 4.35. The van der Waals surface area contributed by atoms with Crippen LogP contribution in [0.4, 0.5) is 0 Å². The van der Waals surface area contributed by atoms with E-state index in [1.54, 1.807) is 26.0 Å². The molecule has 2 N–H and O–H groups in total. The van der Waals surface area contributed by atoms with Gasteiger partial charge in [0.05, 0.1) is 18.4 Å². The molecule has 2 aromatic rings. The Morgan fingerprint density at radius 3 is 2.73 bits per heavy atom. The molecule has 0 fully saturated rings. The van der Waals surface area contributed by atoms with Gasteiger partial charge in [-0.3, -0.25) is 4.79 Å². The number of nitrogens with zero attached hydrogens (tertiary/aromatic N) is 1. The van der Waals surface area contributed by atoms with E-state index in [1.165, 1.54) is 13.2 Å². The van der Waals surface area contributed by atoms with Crippen LogP contribution in [0.3, 0.4) is 0 Å². The Labute approximate surface area is 127 Å². The summed E-state index contributed by atoms with van der Waals surface area (Å²) in [6.07, 6.45) is 1.73. The number of aryl methyl sites for hydroxylation is 1. The molecule has 2 heterocycles. The van der Waals surface area contributed by atoms with E-state index < -0.39 is 17.4 Å². The lowest BCUT2D eigenvalue weighted by molar-refractivity contribution is -0.146. The zero-order valence-electron chi connectivity index (χ0n) is 12.7. The van der Waals surface area contributed by atoms with Crippen LogP contribution in [0.2, 0.25) is 0 Å². The number of carbonyl (C=O) groups is 2. The summed E-state index contributed by atoms with van der Waals surface area (Å²) in [4.78, 5) is 27.5. The van der Waals surface area contributed by atoms with Gasteiger partial charge >= 0.3 is 5.97 Å². The van der Waals surface area contributed by atoms with E-state index in [0.717, 1.165) is 0 Å². The van der Waals surface area contributed by atoms with Gasteiger partial charge in [0.2, 0.25) is 5.91 Å². The molecule has 7 heteroatoms. The molecule has 1 amide bonds. The molecule has 0 aliphatic heterocycles. The molecule has 2 rings (SSSR count). The zero-order valence-corrected chi connectivity index (χ0v) is 12.7. The first-order valence-corrected chi connectivity index (χ1v) is 6.90. The van der Waals surface area contributed by atoms with Gasteiger partial charge in [-0.25, -0.2) is 9.78 Å². The highest BCUT2D eigenvalue weighted by atomic mass is 16.4. The molecule has 118 valence electrons. The van der Waals surface area contributed by atoms with Crippen molar-refractivity contribution in [3.05, 3.63) is 29.9 Å². The Hall–Kier alpha value is -2.57. The van der Waals surface area contributed by atoms with Gasteiger partial charge in [-0.1, -0.05) is 6.92 Å². The van der Waals surface area contributed by atoms with Gasteiger partial charge in [-0.05, 0) is 32.4 Å². The molecule has 0 radical (unpaired) electrons. The number of hydrogen-bond acceptors (Lipinski definition) is 5. The molecular formula is C15H18N2O5. The lowest BCUT2D eigenvalue weighted by atomic mass is 9.99. The normalized spacial score (nSPS) is 13.6. The summed E-state index contributed by atoms with van der Waals surface area (Å²) in [5.74, 6) is -0.235. The fourth-order valence-electron chi connectivity index (χ4n) is 1.89. The fraction of sp³-hybridized carbons (Fsp3) is 0.400. The highest BCUT2D eigenvalue weighted by molar-refractivity contribution is 5.87. The van der Waals surface area contributed by atoms with Gasteiger partial charge in [0, 0.05) is 0 Å². The van der Waals surface area contributed by atoms with Crippen molar-refractivity contribution in [2.45, 2.75) is 39.2 Å². The number of aliphatic carboxylic acids is 1. The summed E-state index contributed by atoms with van der Waals surface area (Å²) in [7, 11) is 0. The zero-order chi connectivity index (χ0) is 16.3. The maximum Gasteiger partial charge on any atom is 0.329 e. The molecule has 22 heavy (non-hydrogen) atoms. The van der Waals surface area contributed by atoms with Crippen LogP contribution in [0.25, 0.3) is 11.7 Å². The van der Waals surface area contributed by atoms with Crippen LogP contribution in [0.1, 0.15) is 31.7 Å². The van der Waals surface area contributed by atoms with Gasteiger partial charge < -0.3 is 19.3 Å². The first kappa shape index (κ1) is 15.8. The first-order chi connectivity index (χ1) is 10.4. The van der Waals surface area contributed by atoms with Crippen LogP contribution >= 0.6 is 0 Å². The summed E-state index contributed by atoms with van der Waals surface area (Å²) in [6, 6.07) is 3.41. The number of furan rings is 1. The summed E-state index contributed by atoms with van der Waals surface area (Å²) < 4.78 is 10.7. The highest BCUT2D eigenvalue weighted by Gasteiger charge is 2.33. The van der Waals surface area contributed by atoms with Gasteiger partial charge in [0.1, 0.15) is 11.3 Å². The second-order valence-corrected chi connectivity index (χ2v) is 5.21. The summed E-state index contributed by atoms with van der Waals surface area (Å²) in [5.41, 5.74) is -0.841. The number of carboxylic acids is 1. The third-order valence-electron chi connectivity index (χ3n) is 3.55. The minimum atomic E-state index is -1.29. The van der Waals surface area contributed by atoms with Gasteiger partial charge in [-0.15, -0.1) is 0 Å². The Morgan fingerprint density at radius 2 is 2.18 bits per heavy atom. The second kappa shape index (κ2) is 6.05. The van der Waals surface area contributed by atoms with Crippen LogP contribution < -0.4 is 5.32 Å². The number of nitrogens with one attached hydrogen (secondary N) is 1. The van der Waals surface area contributed by atoms with E-state index in [0.29, 0.717) is 23.1 Å². The van der Waals surface area contributed by atoms with Crippen molar-refractivity contribution in [3.8, 4) is 11.7 Å². The molecule has 1 atom stereocenters. The van der Waals surface area contributed by atoms with Crippen LogP contribution in [0.15, 0.2) is 27.2 Å². The molecule has 1 unspecified atom stereocenters. The van der Waals surface area contributed by atoms with Crippen molar-refractivity contribution in [1.29, 1.82) is 0 Å². The molecule has 0 saturated carbocycles. The minimum Gasteiger partial charge on any atom is -0.480 e. The summed E-state index contributed by atoms with van der Waals surface area (Å²) >= 11 is 0. The van der Waals surface area contributed by atoms with Crippen molar-refractivity contribution in [1.82, 2.24) is 10.3 Å². The monoisotopic (exact) mass is 306 g/mol. The maximum absolute atomic E-state index is 12.1. The predicted molar refractivity (Wildman–Crippen MR) is 77.1 cm³/mol. The number of carbonyl (C=O) groups excluding carboxylic acids is 1. The number of oxazole rings is 1. The third kappa shape index (κ3) is 3.19.